The molecule has 0 aliphatic heterocycles. The maximum atomic E-state index is 12.0. The highest BCUT2D eigenvalue weighted by molar-refractivity contribution is 5.92. The summed E-state index contributed by atoms with van der Waals surface area (Å²) < 4.78 is 2.04. The fraction of sp³-hybridized carbons (Fsp3) is 0.412. The zero-order valence-corrected chi connectivity index (χ0v) is 13.8. The number of carbonyl (C=O) groups excluding carboxylic acids is 1. The normalized spacial score (nSPS) is 11.0. The molecule has 2 aromatic rings. The minimum Gasteiger partial charge on any atom is -0.325 e. The van der Waals surface area contributed by atoms with Crippen LogP contribution >= 0.6 is 0 Å². The fourth-order valence-electron chi connectivity index (χ4n) is 2.32. The van der Waals surface area contributed by atoms with Crippen LogP contribution in [-0.2, 0) is 4.79 Å². The van der Waals surface area contributed by atoms with Crippen molar-refractivity contribution < 1.29 is 4.79 Å². The average molecular weight is 300 g/mol. The SMILES string of the molecule is CCN(CC)CC(=O)Nc1ccc(-n2cnc(C)c2C)cc1. The first kappa shape index (κ1) is 16.2. The van der Waals surface area contributed by atoms with Gasteiger partial charge in [-0.1, -0.05) is 13.8 Å². The molecule has 0 aliphatic rings. The average Bonchev–Trinajstić information content (AvgIpc) is 2.85. The number of carbonyl (C=O) groups is 1. The lowest BCUT2D eigenvalue weighted by Gasteiger charge is -2.17. The summed E-state index contributed by atoms with van der Waals surface area (Å²) in [6.07, 6.45) is 1.82. The van der Waals surface area contributed by atoms with Gasteiger partial charge in [0.15, 0.2) is 0 Å². The topological polar surface area (TPSA) is 50.2 Å². The summed E-state index contributed by atoms with van der Waals surface area (Å²) in [5.74, 6) is 0.0195. The lowest BCUT2D eigenvalue weighted by molar-refractivity contribution is -0.117. The largest absolute Gasteiger partial charge is 0.325 e. The molecule has 0 atom stereocenters. The van der Waals surface area contributed by atoms with Crippen LogP contribution in [0.15, 0.2) is 30.6 Å². The summed E-state index contributed by atoms with van der Waals surface area (Å²) in [6, 6.07) is 7.82. The Morgan fingerprint density at radius 3 is 2.32 bits per heavy atom. The van der Waals surface area contributed by atoms with Crippen LogP contribution in [0.3, 0.4) is 0 Å². The highest BCUT2D eigenvalue weighted by Crippen LogP contribution is 2.16. The van der Waals surface area contributed by atoms with Crippen molar-refractivity contribution in [1.82, 2.24) is 14.5 Å². The Bertz CT molecular complexity index is 627. The van der Waals surface area contributed by atoms with E-state index in [9.17, 15) is 4.79 Å². The van der Waals surface area contributed by atoms with Crippen molar-refractivity contribution in [2.45, 2.75) is 27.7 Å². The van der Waals surface area contributed by atoms with E-state index in [2.05, 4.69) is 29.0 Å². The van der Waals surface area contributed by atoms with Crippen molar-refractivity contribution in [2.75, 3.05) is 25.0 Å². The van der Waals surface area contributed by atoms with Gasteiger partial charge in [-0.25, -0.2) is 4.98 Å². The monoisotopic (exact) mass is 300 g/mol. The van der Waals surface area contributed by atoms with Gasteiger partial charge >= 0.3 is 0 Å². The molecule has 0 bridgehead atoms. The molecule has 0 fully saturated rings. The summed E-state index contributed by atoms with van der Waals surface area (Å²) in [7, 11) is 0. The molecular weight excluding hydrogens is 276 g/mol. The van der Waals surface area contributed by atoms with Crippen molar-refractivity contribution in [3.8, 4) is 5.69 Å². The molecule has 22 heavy (non-hydrogen) atoms. The zero-order chi connectivity index (χ0) is 16.1. The quantitative estimate of drug-likeness (QED) is 0.892. The molecule has 0 spiro atoms. The third kappa shape index (κ3) is 3.74. The summed E-state index contributed by atoms with van der Waals surface area (Å²) in [5, 5.41) is 2.93. The van der Waals surface area contributed by atoms with Crippen molar-refractivity contribution in [2.24, 2.45) is 0 Å². The molecule has 1 heterocycles. The van der Waals surface area contributed by atoms with E-state index < -0.39 is 0 Å². The van der Waals surface area contributed by atoms with Gasteiger partial charge in [-0.05, 0) is 51.2 Å². The summed E-state index contributed by atoms with van der Waals surface area (Å²) in [4.78, 5) is 18.4. The Hall–Kier alpha value is -2.14. The van der Waals surface area contributed by atoms with Gasteiger partial charge in [0.05, 0.1) is 18.6 Å². The maximum absolute atomic E-state index is 12.0. The van der Waals surface area contributed by atoms with Crippen LogP contribution in [0.2, 0.25) is 0 Å². The molecule has 0 saturated heterocycles. The predicted molar refractivity (Wildman–Crippen MR) is 89.5 cm³/mol. The Morgan fingerprint density at radius 1 is 1.18 bits per heavy atom. The molecule has 1 amide bonds. The van der Waals surface area contributed by atoms with E-state index in [0.29, 0.717) is 6.54 Å². The second-order valence-electron chi connectivity index (χ2n) is 5.34. The predicted octanol–water partition coefficient (Wildman–Crippen LogP) is 2.77. The number of nitrogens with zero attached hydrogens (tertiary/aromatic N) is 3. The van der Waals surface area contributed by atoms with Crippen LogP contribution in [0.1, 0.15) is 25.2 Å². The molecule has 1 N–H and O–H groups in total. The summed E-state index contributed by atoms with van der Waals surface area (Å²) >= 11 is 0. The Kier molecular flexibility index (Phi) is 5.33. The Labute approximate surface area is 132 Å². The van der Waals surface area contributed by atoms with Crippen LogP contribution in [0.25, 0.3) is 5.69 Å². The van der Waals surface area contributed by atoms with Crippen molar-refractivity contribution in [3.63, 3.8) is 0 Å². The molecule has 2 rings (SSSR count). The van der Waals surface area contributed by atoms with Crippen LogP contribution in [0.4, 0.5) is 5.69 Å². The molecule has 5 heteroatoms. The van der Waals surface area contributed by atoms with Crippen LogP contribution < -0.4 is 5.32 Å². The Morgan fingerprint density at radius 2 is 1.82 bits per heavy atom. The van der Waals surface area contributed by atoms with Crippen LogP contribution in [0, 0.1) is 13.8 Å². The third-order valence-electron chi connectivity index (χ3n) is 3.94. The van der Waals surface area contributed by atoms with Crippen molar-refractivity contribution in [3.05, 3.63) is 42.0 Å². The number of benzene rings is 1. The standard InChI is InChI=1S/C17H24N4O/c1-5-20(6-2)11-17(22)19-15-7-9-16(10-8-15)21-12-18-13(3)14(21)4/h7-10,12H,5-6,11H2,1-4H3,(H,19,22). The second-order valence-corrected chi connectivity index (χ2v) is 5.34. The summed E-state index contributed by atoms with van der Waals surface area (Å²) in [6.45, 7) is 10.3. The van der Waals surface area contributed by atoms with E-state index in [1.165, 1.54) is 0 Å². The number of rotatable bonds is 6. The Balaban J connectivity index is 2.03. The van der Waals surface area contributed by atoms with Gasteiger partial charge in [-0.3, -0.25) is 9.69 Å². The highest BCUT2D eigenvalue weighted by Gasteiger charge is 2.08. The van der Waals surface area contributed by atoms with Gasteiger partial charge in [0.1, 0.15) is 0 Å². The van der Waals surface area contributed by atoms with Gasteiger partial charge < -0.3 is 9.88 Å². The van der Waals surface area contributed by atoms with Crippen LogP contribution in [0.5, 0.6) is 0 Å². The minimum atomic E-state index is 0.0195. The fourth-order valence-corrected chi connectivity index (χ4v) is 2.32. The first-order chi connectivity index (χ1) is 10.5. The van der Waals surface area contributed by atoms with Crippen molar-refractivity contribution >= 4 is 11.6 Å². The molecule has 0 unspecified atom stereocenters. The van der Waals surface area contributed by atoms with E-state index in [4.69, 9.17) is 0 Å². The number of aromatic nitrogens is 2. The molecule has 118 valence electrons. The molecule has 0 radical (unpaired) electrons. The van der Waals surface area contributed by atoms with Gasteiger partial charge in [0, 0.05) is 17.1 Å². The number of amides is 1. The number of aryl methyl sites for hydroxylation is 1. The second kappa shape index (κ2) is 7.22. The van der Waals surface area contributed by atoms with E-state index >= 15 is 0 Å². The number of likely N-dealkylation sites (N-methyl/N-ethyl adjacent to an activating group) is 1. The molecule has 1 aromatic heterocycles. The van der Waals surface area contributed by atoms with Crippen LogP contribution in [-0.4, -0.2) is 40.0 Å². The van der Waals surface area contributed by atoms with E-state index in [-0.39, 0.29) is 5.91 Å². The number of hydrogen-bond acceptors (Lipinski definition) is 3. The maximum Gasteiger partial charge on any atom is 0.238 e. The lowest BCUT2D eigenvalue weighted by Crippen LogP contribution is -2.32. The highest BCUT2D eigenvalue weighted by atomic mass is 16.2. The molecule has 1 aromatic carbocycles. The number of anilines is 1. The number of imidazole rings is 1. The molecule has 0 saturated carbocycles. The number of nitrogens with one attached hydrogen (secondary N) is 1. The van der Waals surface area contributed by atoms with Gasteiger partial charge in [-0.15, -0.1) is 0 Å². The third-order valence-corrected chi connectivity index (χ3v) is 3.94. The molecule has 0 aliphatic carbocycles. The van der Waals surface area contributed by atoms with E-state index in [1.54, 1.807) is 0 Å². The first-order valence-electron chi connectivity index (χ1n) is 7.68. The minimum absolute atomic E-state index is 0.0195. The van der Waals surface area contributed by atoms with E-state index in [0.717, 1.165) is 35.9 Å². The lowest BCUT2D eigenvalue weighted by atomic mass is 10.2. The number of hydrogen-bond donors (Lipinski definition) is 1. The van der Waals surface area contributed by atoms with Gasteiger partial charge in [-0.2, -0.15) is 0 Å². The smallest absolute Gasteiger partial charge is 0.238 e. The van der Waals surface area contributed by atoms with Crippen molar-refractivity contribution in [1.29, 1.82) is 0 Å². The molecule has 5 nitrogen and oxygen atoms in total. The first-order valence-corrected chi connectivity index (χ1v) is 7.68. The van der Waals surface area contributed by atoms with Gasteiger partial charge in [0.25, 0.3) is 0 Å². The zero-order valence-electron chi connectivity index (χ0n) is 13.8. The van der Waals surface area contributed by atoms with Gasteiger partial charge in [0.2, 0.25) is 5.91 Å². The molecular formula is C17H24N4O. The van der Waals surface area contributed by atoms with E-state index in [1.807, 2.05) is 49.0 Å². The summed E-state index contributed by atoms with van der Waals surface area (Å²) in [5.41, 5.74) is 4.00.